The number of thiazole rings is 1. The van der Waals surface area contributed by atoms with Gasteiger partial charge in [-0.05, 0) is 41.6 Å². The van der Waals surface area contributed by atoms with E-state index in [0.29, 0.717) is 23.9 Å². The van der Waals surface area contributed by atoms with Crippen molar-refractivity contribution in [1.82, 2.24) is 9.88 Å². The molecular weight excluding hydrogens is 408 g/mol. The van der Waals surface area contributed by atoms with E-state index in [-0.39, 0.29) is 30.6 Å². The number of hydrogen-bond donors (Lipinski definition) is 2. The lowest BCUT2D eigenvalue weighted by Gasteiger charge is -2.27. The SMILES string of the molecule is CC(=O)Nc1nc2ccc(NC(=O)CCC(=O)N3CCc4sccc4C3)cc2s1. The van der Waals surface area contributed by atoms with Gasteiger partial charge in [-0.1, -0.05) is 11.3 Å². The largest absolute Gasteiger partial charge is 0.338 e. The van der Waals surface area contributed by atoms with Gasteiger partial charge in [-0.3, -0.25) is 14.4 Å². The number of anilines is 2. The Morgan fingerprint density at radius 2 is 2.03 bits per heavy atom. The number of nitrogens with one attached hydrogen (secondary N) is 2. The summed E-state index contributed by atoms with van der Waals surface area (Å²) in [6.07, 6.45) is 1.23. The van der Waals surface area contributed by atoms with Crippen LogP contribution in [0.2, 0.25) is 0 Å². The number of carbonyl (C=O) groups is 3. The van der Waals surface area contributed by atoms with Crippen molar-refractivity contribution in [2.24, 2.45) is 0 Å². The molecule has 1 aromatic carbocycles. The van der Waals surface area contributed by atoms with Crippen LogP contribution in [0.25, 0.3) is 10.2 Å². The average molecular weight is 429 g/mol. The Morgan fingerprint density at radius 3 is 2.86 bits per heavy atom. The van der Waals surface area contributed by atoms with E-state index in [1.165, 1.54) is 28.7 Å². The predicted molar refractivity (Wildman–Crippen MR) is 115 cm³/mol. The van der Waals surface area contributed by atoms with Crippen LogP contribution >= 0.6 is 22.7 Å². The number of amides is 3. The number of hydrogen-bond acceptors (Lipinski definition) is 6. The standard InChI is InChI=1S/C20H20N4O3S2/c1-12(25)21-20-23-15-3-2-14(10-17(15)29-20)22-18(26)4-5-19(27)24-8-6-16-13(11-24)7-9-28-16/h2-3,7,9-10H,4-6,8,11H2,1H3,(H,22,26)(H,21,23,25). The third kappa shape index (κ3) is 4.63. The molecule has 3 heterocycles. The van der Waals surface area contributed by atoms with Crippen molar-refractivity contribution in [2.75, 3.05) is 17.2 Å². The predicted octanol–water partition coefficient (Wildman–Crippen LogP) is 3.62. The quantitative estimate of drug-likeness (QED) is 0.649. The van der Waals surface area contributed by atoms with Gasteiger partial charge in [0.25, 0.3) is 0 Å². The van der Waals surface area contributed by atoms with Crippen molar-refractivity contribution >= 4 is 61.4 Å². The first-order valence-electron chi connectivity index (χ1n) is 9.29. The minimum Gasteiger partial charge on any atom is -0.338 e. The van der Waals surface area contributed by atoms with E-state index in [1.807, 2.05) is 11.0 Å². The average Bonchev–Trinajstić information content (AvgIpc) is 3.30. The fourth-order valence-corrected chi connectivity index (χ4v) is 5.11. The highest BCUT2D eigenvalue weighted by atomic mass is 32.1. The highest BCUT2D eigenvalue weighted by Gasteiger charge is 2.21. The number of rotatable bonds is 5. The van der Waals surface area contributed by atoms with Crippen LogP contribution in [0.3, 0.4) is 0 Å². The molecular formula is C20H20N4O3S2. The molecule has 0 aliphatic carbocycles. The summed E-state index contributed by atoms with van der Waals surface area (Å²) in [5.74, 6) is -0.362. The molecule has 4 rings (SSSR count). The zero-order valence-electron chi connectivity index (χ0n) is 15.9. The molecule has 0 spiro atoms. The Kier molecular flexibility index (Phi) is 5.59. The molecule has 0 radical (unpaired) electrons. The Bertz CT molecular complexity index is 1090. The number of thiophene rings is 1. The summed E-state index contributed by atoms with van der Waals surface area (Å²) >= 11 is 3.08. The highest BCUT2D eigenvalue weighted by Crippen LogP contribution is 2.28. The third-order valence-electron chi connectivity index (χ3n) is 4.68. The maximum atomic E-state index is 12.5. The summed E-state index contributed by atoms with van der Waals surface area (Å²) in [5, 5.41) is 8.09. The van der Waals surface area contributed by atoms with E-state index in [0.717, 1.165) is 16.6 Å². The molecule has 0 fully saturated rings. The van der Waals surface area contributed by atoms with Crippen LogP contribution < -0.4 is 10.6 Å². The monoisotopic (exact) mass is 428 g/mol. The lowest BCUT2D eigenvalue weighted by Crippen LogP contribution is -2.35. The summed E-state index contributed by atoms with van der Waals surface area (Å²) in [6.45, 7) is 2.78. The molecule has 3 aromatic rings. The van der Waals surface area contributed by atoms with Gasteiger partial charge in [-0.15, -0.1) is 11.3 Å². The van der Waals surface area contributed by atoms with Gasteiger partial charge in [-0.25, -0.2) is 4.98 Å². The molecule has 1 aliphatic rings. The van der Waals surface area contributed by atoms with Gasteiger partial charge in [0.1, 0.15) is 0 Å². The van der Waals surface area contributed by atoms with Gasteiger partial charge >= 0.3 is 0 Å². The van der Waals surface area contributed by atoms with Crippen molar-refractivity contribution in [3.05, 3.63) is 40.1 Å². The highest BCUT2D eigenvalue weighted by molar-refractivity contribution is 7.22. The molecule has 150 valence electrons. The number of benzene rings is 1. The first-order valence-corrected chi connectivity index (χ1v) is 11.0. The second kappa shape index (κ2) is 8.30. The fourth-order valence-electron chi connectivity index (χ4n) is 3.27. The smallest absolute Gasteiger partial charge is 0.224 e. The summed E-state index contributed by atoms with van der Waals surface area (Å²) < 4.78 is 0.863. The Balaban J connectivity index is 1.31. The third-order valence-corrected chi connectivity index (χ3v) is 6.64. The van der Waals surface area contributed by atoms with E-state index >= 15 is 0 Å². The van der Waals surface area contributed by atoms with Crippen LogP contribution in [0.15, 0.2) is 29.6 Å². The Hall–Kier alpha value is -2.78. The van der Waals surface area contributed by atoms with Crippen LogP contribution in [0.5, 0.6) is 0 Å². The van der Waals surface area contributed by atoms with Crippen molar-refractivity contribution in [3.63, 3.8) is 0 Å². The van der Waals surface area contributed by atoms with Gasteiger partial charge in [0.2, 0.25) is 17.7 Å². The second-order valence-corrected chi connectivity index (χ2v) is 8.90. The van der Waals surface area contributed by atoms with E-state index < -0.39 is 0 Å². The van der Waals surface area contributed by atoms with Crippen molar-refractivity contribution in [2.45, 2.75) is 32.7 Å². The van der Waals surface area contributed by atoms with Crippen LogP contribution in [-0.2, 0) is 27.3 Å². The topological polar surface area (TPSA) is 91.4 Å². The van der Waals surface area contributed by atoms with E-state index in [2.05, 4.69) is 27.1 Å². The molecule has 2 N–H and O–H groups in total. The van der Waals surface area contributed by atoms with E-state index in [1.54, 1.807) is 23.5 Å². The normalized spacial score (nSPS) is 13.2. The maximum Gasteiger partial charge on any atom is 0.224 e. The molecule has 0 unspecified atom stereocenters. The van der Waals surface area contributed by atoms with Crippen LogP contribution in [-0.4, -0.2) is 34.2 Å². The van der Waals surface area contributed by atoms with Gasteiger partial charge < -0.3 is 15.5 Å². The zero-order valence-corrected chi connectivity index (χ0v) is 17.5. The van der Waals surface area contributed by atoms with Crippen LogP contribution in [0.4, 0.5) is 10.8 Å². The van der Waals surface area contributed by atoms with Gasteiger partial charge in [0.05, 0.1) is 10.2 Å². The molecule has 0 saturated heterocycles. The van der Waals surface area contributed by atoms with Crippen LogP contribution in [0, 0.1) is 0 Å². The summed E-state index contributed by atoms with van der Waals surface area (Å²) in [7, 11) is 0. The van der Waals surface area contributed by atoms with E-state index in [9.17, 15) is 14.4 Å². The lowest BCUT2D eigenvalue weighted by atomic mass is 10.1. The fraction of sp³-hybridized carbons (Fsp3) is 0.300. The van der Waals surface area contributed by atoms with E-state index in [4.69, 9.17) is 0 Å². The van der Waals surface area contributed by atoms with Crippen molar-refractivity contribution < 1.29 is 14.4 Å². The van der Waals surface area contributed by atoms with Crippen molar-refractivity contribution in [3.8, 4) is 0 Å². The first-order chi connectivity index (χ1) is 14.0. The molecule has 0 bridgehead atoms. The van der Waals surface area contributed by atoms with Gasteiger partial charge in [-0.2, -0.15) is 0 Å². The maximum absolute atomic E-state index is 12.5. The van der Waals surface area contributed by atoms with Gasteiger partial charge in [0, 0.05) is 43.4 Å². The number of nitrogens with zero attached hydrogens (tertiary/aromatic N) is 2. The molecule has 0 saturated carbocycles. The second-order valence-electron chi connectivity index (χ2n) is 6.87. The molecule has 1 aliphatic heterocycles. The molecule has 7 nitrogen and oxygen atoms in total. The zero-order chi connectivity index (χ0) is 20.4. The first kappa shape index (κ1) is 19.5. The molecule has 29 heavy (non-hydrogen) atoms. The lowest BCUT2D eigenvalue weighted by molar-refractivity contribution is -0.133. The van der Waals surface area contributed by atoms with Crippen molar-refractivity contribution in [1.29, 1.82) is 0 Å². The summed E-state index contributed by atoms with van der Waals surface area (Å²) in [6, 6.07) is 7.45. The minimum atomic E-state index is -0.197. The minimum absolute atomic E-state index is 0.00913. The van der Waals surface area contributed by atoms with Gasteiger partial charge in [0.15, 0.2) is 5.13 Å². The number of fused-ring (bicyclic) bond motifs is 2. The summed E-state index contributed by atoms with van der Waals surface area (Å²) in [4.78, 5) is 43.4. The Morgan fingerprint density at radius 1 is 1.17 bits per heavy atom. The Labute approximate surface area is 175 Å². The number of carbonyl (C=O) groups excluding carboxylic acids is 3. The number of aromatic nitrogens is 1. The molecule has 0 atom stereocenters. The molecule has 2 aromatic heterocycles. The molecule has 3 amide bonds. The van der Waals surface area contributed by atoms with Crippen LogP contribution in [0.1, 0.15) is 30.2 Å². The molecule has 9 heteroatoms. The summed E-state index contributed by atoms with van der Waals surface area (Å²) in [5.41, 5.74) is 2.62.